The van der Waals surface area contributed by atoms with Gasteiger partial charge in [0, 0.05) is 13.2 Å². The van der Waals surface area contributed by atoms with Gasteiger partial charge in [-0.3, -0.25) is 14.6 Å². The molecule has 2 rings (SSSR count). The monoisotopic (exact) mass is 246 g/mol. The summed E-state index contributed by atoms with van der Waals surface area (Å²) in [5.74, 6) is 0.520. The van der Waals surface area contributed by atoms with Crippen molar-refractivity contribution in [3.8, 4) is 11.4 Å². The van der Waals surface area contributed by atoms with E-state index >= 15 is 0 Å². The highest BCUT2D eigenvalue weighted by molar-refractivity contribution is 5.50. The summed E-state index contributed by atoms with van der Waals surface area (Å²) in [7, 11) is 1.83. The standard InChI is InChI=1S/C12H18N6/c1-9(5-13)3-4-10-6-15-11(7-14-10)12-8-18(2)17-16-12/h6-9H,3-5,13H2,1-2H3. The smallest absolute Gasteiger partial charge is 0.132 e. The fourth-order valence-electron chi connectivity index (χ4n) is 1.59. The Labute approximate surface area is 106 Å². The second-order valence-corrected chi connectivity index (χ2v) is 4.55. The summed E-state index contributed by atoms with van der Waals surface area (Å²) < 4.78 is 1.65. The summed E-state index contributed by atoms with van der Waals surface area (Å²) in [4.78, 5) is 8.75. The minimum Gasteiger partial charge on any atom is -0.330 e. The van der Waals surface area contributed by atoms with Crippen LogP contribution in [0.4, 0.5) is 0 Å². The topological polar surface area (TPSA) is 82.5 Å². The molecule has 0 fully saturated rings. The Morgan fingerprint density at radius 3 is 2.67 bits per heavy atom. The van der Waals surface area contributed by atoms with Crippen LogP contribution in [0.2, 0.25) is 0 Å². The maximum atomic E-state index is 5.59. The van der Waals surface area contributed by atoms with Crippen molar-refractivity contribution in [1.29, 1.82) is 0 Å². The summed E-state index contributed by atoms with van der Waals surface area (Å²) in [6.45, 7) is 2.85. The van der Waals surface area contributed by atoms with E-state index in [0.29, 0.717) is 12.5 Å². The quantitative estimate of drug-likeness (QED) is 0.843. The van der Waals surface area contributed by atoms with Crippen LogP contribution in [0.5, 0.6) is 0 Å². The molecule has 1 unspecified atom stereocenters. The van der Waals surface area contributed by atoms with Gasteiger partial charge in [0.2, 0.25) is 0 Å². The van der Waals surface area contributed by atoms with E-state index < -0.39 is 0 Å². The number of rotatable bonds is 5. The molecule has 1 atom stereocenters. The van der Waals surface area contributed by atoms with Crippen molar-refractivity contribution in [3.05, 3.63) is 24.3 Å². The lowest BCUT2D eigenvalue weighted by Gasteiger charge is -2.06. The van der Waals surface area contributed by atoms with Crippen LogP contribution >= 0.6 is 0 Å². The van der Waals surface area contributed by atoms with E-state index in [1.807, 2.05) is 13.2 Å². The highest BCUT2D eigenvalue weighted by Gasteiger charge is 2.06. The van der Waals surface area contributed by atoms with Crippen LogP contribution in [-0.2, 0) is 13.5 Å². The first kappa shape index (κ1) is 12.6. The number of nitrogens with zero attached hydrogens (tertiary/aromatic N) is 5. The molecule has 2 aromatic rings. The summed E-state index contributed by atoms with van der Waals surface area (Å²) in [5, 5.41) is 7.87. The molecule has 0 aliphatic heterocycles. The Kier molecular flexibility index (Phi) is 3.99. The van der Waals surface area contributed by atoms with Gasteiger partial charge in [-0.2, -0.15) is 0 Å². The molecule has 0 amide bonds. The van der Waals surface area contributed by atoms with Crippen LogP contribution in [0.15, 0.2) is 18.6 Å². The van der Waals surface area contributed by atoms with Gasteiger partial charge in [0.05, 0.1) is 18.1 Å². The van der Waals surface area contributed by atoms with Crippen molar-refractivity contribution in [2.45, 2.75) is 19.8 Å². The molecule has 0 aliphatic rings. The normalized spacial score (nSPS) is 12.6. The van der Waals surface area contributed by atoms with Gasteiger partial charge in [0.25, 0.3) is 0 Å². The lowest BCUT2D eigenvalue weighted by Crippen LogP contribution is -2.11. The first-order valence-electron chi connectivity index (χ1n) is 6.06. The zero-order valence-corrected chi connectivity index (χ0v) is 10.7. The van der Waals surface area contributed by atoms with E-state index in [-0.39, 0.29) is 0 Å². The van der Waals surface area contributed by atoms with Crippen LogP contribution in [0.1, 0.15) is 19.0 Å². The van der Waals surface area contributed by atoms with Crippen molar-refractivity contribution in [2.24, 2.45) is 18.7 Å². The van der Waals surface area contributed by atoms with Gasteiger partial charge in [-0.25, -0.2) is 0 Å². The Morgan fingerprint density at radius 1 is 1.28 bits per heavy atom. The third-order valence-corrected chi connectivity index (χ3v) is 2.87. The first-order valence-corrected chi connectivity index (χ1v) is 6.06. The van der Waals surface area contributed by atoms with E-state index in [2.05, 4.69) is 27.2 Å². The summed E-state index contributed by atoms with van der Waals surface area (Å²) >= 11 is 0. The number of hydrogen-bond acceptors (Lipinski definition) is 5. The van der Waals surface area contributed by atoms with Gasteiger partial charge in [0.1, 0.15) is 11.4 Å². The number of hydrogen-bond donors (Lipinski definition) is 1. The van der Waals surface area contributed by atoms with Crippen molar-refractivity contribution >= 4 is 0 Å². The Balaban J connectivity index is 2.01. The fraction of sp³-hybridized carbons (Fsp3) is 0.500. The van der Waals surface area contributed by atoms with E-state index in [1.54, 1.807) is 17.1 Å². The number of aryl methyl sites for hydroxylation is 2. The molecule has 0 saturated heterocycles. The molecule has 0 bridgehead atoms. The van der Waals surface area contributed by atoms with Gasteiger partial charge >= 0.3 is 0 Å². The van der Waals surface area contributed by atoms with Gasteiger partial charge in [-0.05, 0) is 25.3 Å². The van der Waals surface area contributed by atoms with Crippen LogP contribution in [0, 0.1) is 5.92 Å². The minimum atomic E-state index is 0.520. The van der Waals surface area contributed by atoms with Gasteiger partial charge in [-0.1, -0.05) is 12.1 Å². The zero-order chi connectivity index (χ0) is 13.0. The SMILES string of the molecule is CC(CN)CCc1cnc(-c2cn(C)nn2)cn1. The predicted molar refractivity (Wildman–Crippen MR) is 68.6 cm³/mol. The zero-order valence-electron chi connectivity index (χ0n) is 10.7. The fourth-order valence-corrected chi connectivity index (χ4v) is 1.59. The van der Waals surface area contributed by atoms with Crippen molar-refractivity contribution in [2.75, 3.05) is 6.54 Å². The van der Waals surface area contributed by atoms with Crippen molar-refractivity contribution in [3.63, 3.8) is 0 Å². The molecule has 0 aromatic carbocycles. The molecule has 6 nitrogen and oxygen atoms in total. The van der Waals surface area contributed by atoms with Crippen LogP contribution in [-0.4, -0.2) is 31.5 Å². The summed E-state index contributed by atoms with van der Waals surface area (Å²) in [5.41, 5.74) is 8.07. The average Bonchev–Trinajstić information content (AvgIpc) is 2.83. The molecule has 96 valence electrons. The highest BCUT2D eigenvalue weighted by atomic mass is 15.4. The predicted octanol–water partition coefficient (Wildman–Crippen LogP) is 0.799. The highest BCUT2D eigenvalue weighted by Crippen LogP contribution is 2.12. The third kappa shape index (κ3) is 3.10. The Bertz CT molecular complexity index is 490. The molecule has 2 heterocycles. The summed E-state index contributed by atoms with van der Waals surface area (Å²) in [6, 6.07) is 0. The molecule has 2 N–H and O–H groups in total. The minimum absolute atomic E-state index is 0.520. The Morgan fingerprint density at radius 2 is 2.11 bits per heavy atom. The van der Waals surface area contributed by atoms with Crippen LogP contribution in [0.3, 0.4) is 0 Å². The van der Waals surface area contributed by atoms with Crippen LogP contribution < -0.4 is 5.73 Å². The molecule has 0 spiro atoms. The van der Waals surface area contributed by atoms with Crippen molar-refractivity contribution < 1.29 is 0 Å². The van der Waals surface area contributed by atoms with Gasteiger partial charge < -0.3 is 5.73 Å². The molecular formula is C12H18N6. The summed E-state index contributed by atoms with van der Waals surface area (Å²) in [6.07, 6.45) is 7.31. The number of nitrogens with two attached hydrogens (primary N) is 1. The Hall–Kier alpha value is -1.82. The van der Waals surface area contributed by atoms with E-state index in [4.69, 9.17) is 5.73 Å². The lowest BCUT2D eigenvalue weighted by molar-refractivity contribution is 0.540. The molecule has 0 radical (unpaired) electrons. The molecule has 0 aliphatic carbocycles. The van der Waals surface area contributed by atoms with E-state index in [1.165, 1.54) is 0 Å². The molecular weight excluding hydrogens is 228 g/mol. The average molecular weight is 246 g/mol. The van der Waals surface area contributed by atoms with E-state index in [9.17, 15) is 0 Å². The van der Waals surface area contributed by atoms with Gasteiger partial charge in [0.15, 0.2) is 0 Å². The second kappa shape index (κ2) is 5.68. The molecule has 18 heavy (non-hydrogen) atoms. The first-order chi connectivity index (χ1) is 8.69. The van der Waals surface area contributed by atoms with Crippen LogP contribution in [0.25, 0.3) is 11.4 Å². The second-order valence-electron chi connectivity index (χ2n) is 4.55. The van der Waals surface area contributed by atoms with Crippen molar-refractivity contribution in [1.82, 2.24) is 25.0 Å². The largest absolute Gasteiger partial charge is 0.330 e. The molecule has 6 heteroatoms. The number of aromatic nitrogens is 5. The molecule has 2 aromatic heterocycles. The third-order valence-electron chi connectivity index (χ3n) is 2.87. The lowest BCUT2D eigenvalue weighted by atomic mass is 10.0. The van der Waals surface area contributed by atoms with E-state index in [0.717, 1.165) is 29.9 Å². The maximum absolute atomic E-state index is 5.59. The maximum Gasteiger partial charge on any atom is 0.132 e. The molecule has 0 saturated carbocycles. The van der Waals surface area contributed by atoms with Gasteiger partial charge in [-0.15, -0.1) is 5.10 Å².